The van der Waals surface area contributed by atoms with Gasteiger partial charge in [-0.2, -0.15) is 0 Å². The average Bonchev–Trinajstić information content (AvgIpc) is 2.97. The molecule has 2 spiro atoms. The van der Waals surface area contributed by atoms with Crippen LogP contribution < -0.4 is 5.73 Å². The van der Waals surface area contributed by atoms with E-state index in [0.717, 1.165) is 42.3 Å². The SMILES string of the molecule is CO[C@H]1CC[C@]2(CC1)Cc1ccc(Br)cc1[C@@]21N=C(C)C(N)=N1. The van der Waals surface area contributed by atoms with Gasteiger partial charge >= 0.3 is 0 Å². The summed E-state index contributed by atoms with van der Waals surface area (Å²) in [6.45, 7) is 1.97. The number of amidine groups is 1. The first kappa shape index (κ1) is 15.3. The lowest BCUT2D eigenvalue weighted by molar-refractivity contribution is -0.000382. The van der Waals surface area contributed by atoms with E-state index >= 15 is 0 Å². The van der Waals surface area contributed by atoms with E-state index in [1.807, 2.05) is 14.0 Å². The summed E-state index contributed by atoms with van der Waals surface area (Å²) in [4.78, 5) is 9.98. The number of fused-ring (bicyclic) bond motifs is 3. The van der Waals surface area contributed by atoms with Gasteiger partial charge in [0.2, 0.25) is 0 Å². The molecule has 5 heteroatoms. The van der Waals surface area contributed by atoms with E-state index in [-0.39, 0.29) is 5.41 Å². The summed E-state index contributed by atoms with van der Waals surface area (Å²) in [7, 11) is 1.81. The number of hydrogen-bond donors (Lipinski definition) is 1. The molecule has 1 aromatic rings. The molecule has 4 rings (SSSR count). The molecule has 1 aliphatic heterocycles. The predicted octanol–water partition coefficient (Wildman–Crippen LogP) is 3.57. The van der Waals surface area contributed by atoms with Crippen molar-refractivity contribution in [3.05, 3.63) is 33.8 Å². The summed E-state index contributed by atoms with van der Waals surface area (Å²) in [5.41, 5.74) is 9.11. The lowest BCUT2D eigenvalue weighted by Crippen LogP contribution is -2.43. The minimum Gasteiger partial charge on any atom is -0.382 e. The van der Waals surface area contributed by atoms with Crippen molar-refractivity contribution in [3.8, 4) is 0 Å². The van der Waals surface area contributed by atoms with Crippen LogP contribution in [0.15, 0.2) is 32.7 Å². The molecule has 1 aromatic carbocycles. The van der Waals surface area contributed by atoms with Crippen molar-refractivity contribution in [1.29, 1.82) is 0 Å². The first-order valence-electron chi connectivity index (χ1n) is 8.23. The smallest absolute Gasteiger partial charge is 0.184 e. The van der Waals surface area contributed by atoms with Crippen molar-refractivity contribution >= 4 is 27.5 Å². The second-order valence-corrected chi connectivity index (χ2v) is 7.98. The second kappa shape index (κ2) is 5.15. The van der Waals surface area contributed by atoms with Crippen LogP contribution in [-0.4, -0.2) is 24.8 Å². The highest BCUT2D eigenvalue weighted by Gasteiger charge is 2.60. The van der Waals surface area contributed by atoms with Gasteiger partial charge in [-0.15, -0.1) is 0 Å². The van der Waals surface area contributed by atoms with Crippen LogP contribution >= 0.6 is 15.9 Å². The lowest BCUT2D eigenvalue weighted by atomic mass is 9.65. The Morgan fingerprint density at radius 2 is 2.00 bits per heavy atom. The normalized spacial score (nSPS) is 35.5. The third-order valence-corrected chi connectivity index (χ3v) is 6.41. The molecule has 122 valence electrons. The maximum absolute atomic E-state index is 6.15. The first-order chi connectivity index (χ1) is 11.0. The van der Waals surface area contributed by atoms with Gasteiger partial charge in [0, 0.05) is 22.6 Å². The Morgan fingerprint density at radius 1 is 1.26 bits per heavy atom. The van der Waals surface area contributed by atoms with Crippen molar-refractivity contribution < 1.29 is 4.74 Å². The number of nitrogens with zero attached hydrogens (tertiary/aromatic N) is 2. The minimum absolute atomic E-state index is 0.0353. The Balaban J connectivity index is 1.86. The molecule has 0 amide bonds. The number of rotatable bonds is 1. The van der Waals surface area contributed by atoms with Crippen molar-refractivity contribution in [1.82, 2.24) is 0 Å². The summed E-state index contributed by atoms with van der Waals surface area (Å²) in [6.07, 6.45) is 5.67. The standard InChI is InChI=1S/C18H22BrN3O/c1-11-16(20)22-18(21-11)15-9-13(19)4-3-12(15)10-17(18)7-5-14(23-2)6-8-17/h3-4,9,14H,5-8,10H2,1-2H3,(H2,20,22)/t14-,17-,18-/m0/s1. The van der Waals surface area contributed by atoms with Gasteiger partial charge in [0.05, 0.1) is 11.8 Å². The highest BCUT2D eigenvalue weighted by Crippen LogP contribution is 2.61. The summed E-state index contributed by atoms with van der Waals surface area (Å²) in [6, 6.07) is 6.52. The number of halogens is 1. The number of benzene rings is 1. The highest BCUT2D eigenvalue weighted by molar-refractivity contribution is 9.10. The molecule has 0 aromatic heterocycles. The Kier molecular flexibility index (Phi) is 3.43. The summed E-state index contributed by atoms with van der Waals surface area (Å²) in [5, 5.41) is 0. The molecule has 2 aliphatic carbocycles. The van der Waals surface area contributed by atoms with Gasteiger partial charge in [-0.3, -0.25) is 4.99 Å². The molecule has 1 fully saturated rings. The van der Waals surface area contributed by atoms with E-state index in [9.17, 15) is 0 Å². The molecule has 0 bridgehead atoms. The number of hydrogen-bond acceptors (Lipinski definition) is 4. The predicted molar refractivity (Wildman–Crippen MR) is 96.0 cm³/mol. The molecule has 0 radical (unpaired) electrons. The van der Waals surface area contributed by atoms with E-state index in [1.54, 1.807) is 0 Å². The molecule has 2 N–H and O–H groups in total. The zero-order chi connectivity index (χ0) is 16.2. The van der Waals surface area contributed by atoms with E-state index in [1.165, 1.54) is 11.1 Å². The molecular weight excluding hydrogens is 354 g/mol. The van der Waals surface area contributed by atoms with Crippen LogP contribution in [0.1, 0.15) is 43.7 Å². The molecule has 1 atom stereocenters. The first-order valence-corrected chi connectivity index (χ1v) is 9.03. The molecule has 0 saturated heterocycles. The van der Waals surface area contributed by atoms with Gasteiger partial charge in [0.15, 0.2) is 5.66 Å². The minimum atomic E-state index is -0.529. The lowest BCUT2D eigenvalue weighted by Gasteiger charge is -2.44. The van der Waals surface area contributed by atoms with Gasteiger partial charge in [-0.1, -0.05) is 22.0 Å². The zero-order valence-corrected chi connectivity index (χ0v) is 15.2. The van der Waals surface area contributed by atoms with Crippen molar-refractivity contribution in [2.24, 2.45) is 21.1 Å². The molecule has 0 unspecified atom stereocenters. The van der Waals surface area contributed by atoms with Gasteiger partial charge in [-0.05, 0) is 56.7 Å². The Morgan fingerprint density at radius 3 is 2.61 bits per heavy atom. The second-order valence-electron chi connectivity index (χ2n) is 7.06. The highest BCUT2D eigenvalue weighted by atomic mass is 79.9. The Labute approximate surface area is 145 Å². The Hall–Kier alpha value is -1.20. The maximum atomic E-state index is 6.15. The molecule has 1 saturated carbocycles. The Bertz CT molecular complexity index is 699. The van der Waals surface area contributed by atoms with Crippen LogP contribution in [0.5, 0.6) is 0 Å². The summed E-state index contributed by atoms with van der Waals surface area (Å²) in [5.74, 6) is 0.589. The fourth-order valence-electron chi connectivity index (χ4n) is 4.64. The van der Waals surface area contributed by atoms with Crippen LogP contribution in [-0.2, 0) is 16.8 Å². The van der Waals surface area contributed by atoms with Gasteiger partial charge in [0.25, 0.3) is 0 Å². The largest absolute Gasteiger partial charge is 0.382 e. The molecule has 23 heavy (non-hydrogen) atoms. The third kappa shape index (κ3) is 2.06. The van der Waals surface area contributed by atoms with Crippen LogP contribution in [0.2, 0.25) is 0 Å². The third-order valence-electron chi connectivity index (χ3n) is 5.92. The molecular formula is C18H22BrN3O. The van der Waals surface area contributed by atoms with Crippen molar-refractivity contribution in [3.63, 3.8) is 0 Å². The van der Waals surface area contributed by atoms with Crippen LogP contribution in [0, 0.1) is 5.41 Å². The van der Waals surface area contributed by atoms with E-state index in [0.29, 0.717) is 11.9 Å². The van der Waals surface area contributed by atoms with Crippen LogP contribution in [0.4, 0.5) is 0 Å². The van der Waals surface area contributed by atoms with Gasteiger partial charge in [0.1, 0.15) is 5.84 Å². The van der Waals surface area contributed by atoms with Crippen molar-refractivity contribution in [2.45, 2.75) is 50.8 Å². The molecule has 1 heterocycles. The molecule has 3 aliphatic rings. The fraction of sp³-hybridized carbons (Fsp3) is 0.556. The van der Waals surface area contributed by atoms with E-state index in [4.69, 9.17) is 20.5 Å². The summed E-state index contributed by atoms with van der Waals surface area (Å²) >= 11 is 3.61. The number of aliphatic imine (C=N–C) groups is 2. The number of methoxy groups -OCH3 is 1. The van der Waals surface area contributed by atoms with E-state index in [2.05, 4.69) is 34.1 Å². The number of ether oxygens (including phenoxy) is 1. The van der Waals surface area contributed by atoms with E-state index < -0.39 is 5.66 Å². The zero-order valence-electron chi connectivity index (χ0n) is 13.6. The fourth-order valence-corrected chi connectivity index (χ4v) is 5.00. The topological polar surface area (TPSA) is 60.0 Å². The maximum Gasteiger partial charge on any atom is 0.184 e. The van der Waals surface area contributed by atoms with Gasteiger partial charge in [-0.25, -0.2) is 4.99 Å². The van der Waals surface area contributed by atoms with Crippen LogP contribution in [0.25, 0.3) is 0 Å². The van der Waals surface area contributed by atoms with Crippen LogP contribution in [0.3, 0.4) is 0 Å². The summed E-state index contributed by atoms with van der Waals surface area (Å²) < 4.78 is 6.66. The quantitative estimate of drug-likeness (QED) is 0.815. The van der Waals surface area contributed by atoms with Gasteiger partial charge < -0.3 is 10.5 Å². The number of nitrogens with two attached hydrogens (primary N) is 1. The molecule has 4 nitrogen and oxygen atoms in total. The van der Waals surface area contributed by atoms with Crippen molar-refractivity contribution in [2.75, 3.05) is 7.11 Å². The average molecular weight is 376 g/mol. The monoisotopic (exact) mass is 375 g/mol.